The summed E-state index contributed by atoms with van der Waals surface area (Å²) >= 11 is 0. The molecule has 0 aromatic rings. The molecular weight excluding hydrogens is 224 g/mol. The summed E-state index contributed by atoms with van der Waals surface area (Å²) in [7, 11) is 0. The zero-order chi connectivity index (χ0) is 13.6. The van der Waals surface area contributed by atoms with Crippen LogP contribution in [0.3, 0.4) is 0 Å². The van der Waals surface area contributed by atoms with E-state index in [-0.39, 0.29) is 0 Å². The van der Waals surface area contributed by atoms with E-state index in [1.54, 1.807) is 6.08 Å². The summed E-state index contributed by atoms with van der Waals surface area (Å²) in [5, 5.41) is 8.90. The maximum Gasteiger partial charge on any atom is 0.303 e. The Morgan fingerprint density at radius 3 is 2.56 bits per heavy atom. The lowest BCUT2D eigenvalue weighted by Gasteiger charge is -2.14. The topological polar surface area (TPSA) is 37.3 Å². The van der Waals surface area contributed by atoms with Crippen LogP contribution in [0.2, 0.25) is 0 Å². The monoisotopic (exact) mass is 252 g/mol. The summed E-state index contributed by atoms with van der Waals surface area (Å²) in [6.45, 7) is 5.82. The molecule has 0 fully saturated rings. The van der Waals surface area contributed by atoms with Crippen molar-refractivity contribution in [1.82, 2.24) is 0 Å². The fourth-order valence-electron chi connectivity index (χ4n) is 2.17. The van der Waals surface area contributed by atoms with Gasteiger partial charge in [0.1, 0.15) is 0 Å². The molecule has 0 amide bonds. The molecule has 18 heavy (non-hydrogen) atoms. The van der Waals surface area contributed by atoms with Crippen molar-refractivity contribution >= 4 is 5.97 Å². The third-order valence-corrected chi connectivity index (χ3v) is 3.18. The lowest BCUT2D eigenvalue weighted by atomic mass is 9.92. The summed E-state index contributed by atoms with van der Waals surface area (Å²) in [4.78, 5) is 10.8. The molecule has 0 aliphatic carbocycles. The number of hydrogen-bond acceptors (Lipinski definition) is 1. The summed E-state index contributed by atoms with van der Waals surface area (Å²) in [6.07, 6.45) is 15.3. The van der Waals surface area contributed by atoms with Gasteiger partial charge in [0.2, 0.25) is 0 Å². The molecule has 0 saturated carbocycles. The van der Waals surface area contributed by atoms with Crippen LogP contribution in [-0.4, -0.2) is 11.1 Å². The Morgan fingerprint density at radius 1 is 1.22 bits per heavy atom. The summed E-state index contributed by atoms with van der Waals surface area (Å²) in [5.41, 5.74) is 0. The lowest BCUT2D eigenvalue weighted by molar-refractivity contribution is -0.138. The van der Waals surface area contributed by atoms with Crippen molar-refractivity contribution in [3.63, 3.8) is 0 Å². The van der Waals surface area contributed by atoms with Crippen LogP contribution in [0.1, 0.15) is 64.7 Å². The highest BCUT2D eigenvalue weighted by Crippen LogP contribution is 2.20. The van der Waals surface area contributed by atoms with Gasteiger partial charge < -0.3 is 5.11 Å². The first kappa shape index (κ1) is 16.9. The molecular formula is C16H28O2. The van der Waals surface area contributed by atoms with Crippen LogP contribution in [0.25, 0.3) is 0 Å². The van der Waals surface area contributed by atoms with Crippen LogP contribution in [0, 0.1) is 5.92 Å². The smallest absolute Gasteiger partial charge is 0.303 e. The van der Waals surface area contributed by atoms with E-state index in [0.29, 0.717) is 12.3 Å². The normalized spacial score (nSPS) is 12.7. The number of rotatable bonds is 12. The van der Waals surface area contributed by atoms with E-state index in [9.17, 15) is 4.79 Å². The molecule has 104 valence electrons. The fraction of sp³-hybridized carbons (Fsp3) is 0.688. The van der Waals surface area contributed by atoms with Crippen molar-refractivity contribution in [2.45, 2.75) is 64.7 Å². The van der Waals surface area contributed by atoms with Crippen molar-refractivity contribution in [3.8, 4) is 0 Å². The van der Waals surface area contributed by atoms with Crippen LogP contribution in [0.5, 0.6) is 0 Å². The van der Waals surface area contributed by atoms with E-state index in [4.69, 9.17) is 5.11 Å². The number of unbranched alkanes of at least 4 members (excludes halogenated alkanes) is 4. The van der Waals surface area contributed by atoms with Gasteiger partial charge >= 0.3 is 5.97 Å². The average molecular weight is 252 g/mol. The summed E-state index contributed by atoms with van der Waals surface area (Å²) in [6, 6.07) is 0. The van der Waals surface area contributed by atoms with Gasteiger partial charge in [0.25, 0.3) is 0 Å². The van der Waals surface area contributed by atoms with Crippen LogP contribution < -0.4 is 0 Å². The highest BCUT2D eigenvalue weighted by Gasteiger charge is 2.12. The number of aliphatic carboxylic acids is 1. The largest absolute Gasteiger partial charge is 0.481 e. The van der Waals surface area contributed by atoms with Crippen LogP contribution >= 0.6 is 0 Å². The van der Waals surface area contributed by atoms with Crippen LogP contribution in [0.4, 0.5) is 0 Å². The van der Waals surface area contributed by atoms with Gasteiger partial charge in [-0.2, -0.15) is 0 Å². The minimum absolute atomic E-state index is 0.331. The number of allylic oxidation sites excluding steroid dienone is 3. The Morgan fingerprint density at radius 2 is 1.94 bits per heavy atom. The average Bonchev–Trinajstić information content (AvgIpc) is 2.33. The van der Waals surface area contributed by atoms with E-state index < -0.39 is 5.97 Å². The molecule has 0 rings (SSSR count). The number of hydrogen-bond donors (Lipinski definition) is 1. The second-order valence-corrected chi connectivity index (χ2v) is 4.91. The molecule has 0 saturated heterocycles. The van der Waals surface area contributed by atoms with Gasteiger partial charge in [-0.1, -0.05) is 57.4 Å². The fourth-order valence-corrected chi connectivity index (χ4v) is 2.17. The zero-order valence-corrected chi connectivity index (χ0v) is 11.7. The molecule has 0 bridgehead atoms. The molecule has 2 nitrogen and oxygen atoms in total. The van der Waals surface area contributed by atoms with E-state index >= 15 is 0 Å². The van der Waals surface area contributed by atoms with Crippen LogP contribution in [-0.2, 0) is 4.79 Å². The summed E-state index contributed by atoms with van der Waals surface area (Å²) < 4.78 is 0. The molecule has 1 atom stereocenters. The highest BCUT2D eigenvalue weighted by atomic mass is 16.4. The van der Waals surface area contributed by atoms with E-state index in [1.807, 2.05) is 6.08 Å². The zero-order valence-electron chi connectivity index (χ0n) is 11.7. The summed E-state index contributed by atoms with van der Waals surface area (Å²) in [5.74, 6) is -0.298. The van der Waals surface area contributed by atoms with Gasteiger partial charge in [-0.25, -0.2) is 0 Å². The second-order valence-electron chi connectivity index (χ2n) is 4.91. The van der Waals surface area contributed by atoms with Crippen LogP contribution in [0.15, 0.2) is 24.8 Å². The van der Waals surface area contributed by atoms with Gasteiger partial charge in [0.15, 0.2) is 0 Å². The minimum atomic E-state index is -0.655. The third kappa shape index (κ3) is 11.4. The first-order chi connectivity index (χ1) is 8.70. The standard InChI is InChI=1S/C16H28O2/c1-3-5-7-9-11-13-15(14-16(17)18)12-10-8-6-4-2/h3,5,7,15H,1,4,6,8-14H2,2H3,(H,17,18). The molecule has 0 heterocycles. The lowest BCUT2D eigenvalue weighted by Crippen LogP contribution is -2.08. The van der Waals surface area contributed by atoms with Gasteiger partial charge in [-0.05, 0) is 31.6 Å². The van der Waals surface area contributed by atoms with Crippen molar-refractivity contribution in [2.75, 3.05) is 0 Å². The molecule has 0 radical (unpaired) electrons. The number of carboxylic acid groups (broad SMARTS) is 1. The van der Waals surface area contributed by atoms with Crippen molar-refractivity contribution in [1.29, 1.82) is 0 Å². The predicted molar refractivity (Wildman–Crippen MR) is 77.7 cm³/mol. The minimum Gasteiger partial charge on any atom is -0.481 e. The molecule has 1 N–H and O–H groups in total. The Balaban J connectivity index is 3.79. The number of carboxylic acids is 1. The van der Waals surface area contributed by atoms with Gasteiger partial charge in [0, 0.05) is 6.42 Å². The molecule has 0 aromatic carbocycles. The molecule has 1 unspecified atom stereocenters. The molecule has 2 heteroatoms. The first-order valence-corrected chi connectivity index (χ1v) is 7.20. The van der Waals surface area contributed by atoms with Crippen molar-refractivity contribution in [3.05, 3.63) is 24.8 Å². The SMILES string of the molecule is C=CC=CCCCC(CCCCCC)CC(=O)O. The second kappa shape index (κ2) is 12.4. The van der Waals surface area contributed by atoms with E-state index in [1.165, 1.54) is 25.7 Å². The maximum absolute atomic E-state index is 10.8. The maximum atomic E-state index is 10.8. The molecule has 0 spiro atoms. The number of carbonyl (C=O) groups is 1. The quantitative estimate of drug-likeness (QED) is 0.394. The Labute approximate surface area is 112 Å². The molecule has 0 aliphatic heterocycles. The van der Waals surface area contributed by atoms with Crippen molar-refractivity contribution in [2.24, 2.45) is 5.92 Å². The van der Waals surface area contributed by atoms with Gasteiger partial charge in [0.05, 0.1) is 0 Å². The third-order valence-electron chi connectivity index (χ3n) is 3.18. The van der Waals surface area contributed by atoms with Gasteiger partial charge in [-0.15, -0.1) is 0 Å². The first-order valence-electron chi connectivity index (χ1n) is 7.20. The Hall–Kier alpha value is -1.05. The van der Waals surface area contributed by atoms with Crippen molar-refractivity contribution < 1.29 is 9.90 Å². The Bertz CT molecular complexity index is 243. The molecule has 0 aliphatic rings. The predicted octanol–water partition coefficient (Wildman–Crippen LogP) is 4.96. The van der Waals surface area contributed by atoms with Gasteiger partial charge in [-0.3, -0.25) is 4.79 Å². The Kier molecular flexibility index (Phi) is 11.7. The van der Waals surface area contributed by atoms with E-state index in [2.05, 4.69) is 19.6 Å². The van der Waals surface area contributed by atoms with E-state index in [0.717, 1.165) is 25.7 Å². The molecule has 0 aromatic heterocycles. The highest BCUT2D eigenvalue weighted by molar-refractivity contribution is 5.66.